The Labute approximate surface area is 160 Å². The predicted molar refractivity (Wildman–Crippen MR) is 107 cm³/mol. The fourth-order valence-electron chi connectivity index (χ4n) is 2.86. The fraction of sp³-hybridized carbons (Fsp3) is 0.150. The van der Waals surface area contributed by atoms with Crippen LogP contribution in [-0.4, -0.2) is 27.2 Å². The number of quaternary nitrogens is 1. The molecule has 0 aliphatic carbocycles. The van der Waals surface area contributed by atoms with Crippen LogP contribution in [0.15, 0.2) is 60.7 Å². The molecule has 2 aromatic carbocycles. The molecule has 4 rings (SSSR count). The Morgan fingerprint density at radius 1 is 1.15 bits per heavy atom. The van der Waals surface area contributed by atoms with E-state index in [9.17, 15) is 4.79 Å². The van der Waals surface area contributed by atoms with Gasteiger partial charge in [-0.2, -0.15) is 9.78 Å². The molecule has 0 saturated heterocycles. The Balaban J connectivity index is 1.45. The van der Waals surface area contributed by atoms with Crippen LogP contribution in [0, 0.1) is 6.92 Å². The molecule has 27 heavy (non-hydrogen) atoms. The van der Waals surface area contributed by atoms with Crippen LogP contribution in [-0.2, 0) is 11.3 Å². The summed E-state index contributed by atoms with van der Waals surface area (Å²) in [4.78, 5) is 17.0. The molecule has 1 amide bonds. The fourth-order valence-corrected chi connectivity index (χ4v) is 3.79. The van der Waals surface area contributed by atoms with E-state index in [0.29, 0.717) is 12.4 Å². The molecule has 0 spiro atoms. The number of aryl methyl sites for hydroxylation is 1. The van der Waals surface area contributed by atoms with E-state index in [2.05, 4.69) is 27.5 Å². The first-order valence-corrected chi connectivity index (χ1v) is 9.59. The quantitative estimate of drug-likeness (QED) is 0.541. The van der Waals surface area contributed by atoms with Gasteiger partial charge in [0, 0.05) is 11.6 Å². The highest BCUT2D eigenvalue weighted by atomic mass is 32.1. The van der Waals surface area contributed by atoms with Crippen molar-refractivity contribution < 1.29 is 10.1 Å². The molecule has 6 nitrogen and oxygen atoms in total. The molecular weight excluding hydrogens is 358 g/mol. The van der Waals surface area contributed by atoms with Crippen molar-refractivity contribution in [1.82, 2.24) is 14.8 Å². The van der Waals surface area contributed by atoms with Crippen molar-refractivity contribution in [2.24, 2.45) is 0 Å². The Morgan fingerprint density at radius 3 is 2.74 bits per heavy atom. The first-order chi connectivity index (χ1) is 13.2. The topological polar surface area (TPSA) is 76.4 Å². The minimum atomic E-state index is -0.0619. The zero-order valence-electron chi connectivity index (χ0n) is 14.9. The van der Waals surface area contributed by atoms with E-state index in [1.807, 2.05) is 60.8 Å². The smallest absolute Gasteiger partial charge is 0.280 e. The average molecular weight is 378 g/mol. The van der Waals surface area contributed by atoms with Gasteiger partial charge in [-0.3, -0.25) is 4.79 Å². The number of amides is 1. The van der Waals surface area contributed by atoms with Gasteiger partial charge in [0.2, 0.25) is 5.13 Å². The van der Waals surface area contributed by atoms with E-state index in [0.717, 1.165) is 27.6 Å². The van der Waals surface area contributed by atoms with Crippen LogP contribution >= 0.6 is 11.3 Å². The van der Waals surface area contributed by atoms with Crippen LogP contribution in [0.5, 0.6) is 0 Å². The van der Waals surface area contributed by atoms with Crippen molar-refractivity contribution in [3.05, 3.63) is 71.9 Å². The highest BCUT2D eigenvalue weighted by Crippen LogP contribution is 2.26. The van der Waals surface area contributed by atoms with Crippen molar-refractivity contribution in [3.8, 4) is 5.13 Å². The van der Waals surface area contributed by atoms with E-state index in [-0.39, 0.29) is 5.91 Å². The van der Waals surface area contributed by atoms with Gasteiger partial charge in [-0.15, -0.1) is 0 Å². The molecule has 7 heteroatoms. The van der Waals surface area contributed by atoms with E-state index in [4.69, 9.17) is 0 Å². The molecule has 3 N–H and O–H groups in total. The van der Waals surface area contributed by atoms with Gasteiger partial charge < -0.3 is 10.6 Å². The first-order valence-electron chi connectivity index (χ1n) is 8.77. The van der Waals surface area contributed by atoms with Crippen LogP contribution in [0.3, 0.4) is 0 Å². The first kappa shape index (κ1) is 17.4. The minimum absolute atomic E-state index is 0.0619. The Hall–Kier alpha value is -3.03. The van der Waals surface area contributed by atoms with Crippen molar-refractivity contribution in [2.75, 3.05) is 11.9 Å². The van der Waals surface area contributed by atoms with E-state index < -0.39 is 0 Å². The SMILES string of the molecule is Cc1cc(NC(=O)C[NH2+]Cc2ccccc2)n(-c2nc3ccccc3s2)n1. The van der Waals surface area contributed by atoms with E-state index in [1.54, 1.807) is 16.0 Å². The highest BCUT2D eigenvalue weighted by molar-refractivity contribution is 7.20. The number of rotatable bonds is 6. The van der Waals surface area contributed by atoms with Crippen molar-refractivity contribution >= 4 is 33.3 Å². The average Bonchev–Trinajstić information content (AvgIpc) is 3.25. The molecule has 0 aliphatic heterocycles. The normalized spacial score (nSPS) is 11.0. The Bertz CT molecular complexity index is 1040. The number of aromatic nitrogens is 3. The molecule has 0 radical (unpaired) electrons. The second-order valence-electron chi connectivity index (χ2n) is 6.28. The number of fused-ring (bicyclic) bond motifs is 1. The summed E-state index contributed by atoms with van der Waals surface area (Å²) in [7, 11) is 0. The molecular formula is C20H20N5OS+. The molecule has 0 unspecified atom stereocenters. The molecule has 2 aromatic heterocycles. The number of anilines is 1. The third-order valence-electron chi connectivity index (χ3n) is 4.12. The van der Waals surface area contributed by atoms with Crippen LogP contribution in [0.2, 0.25) is 0 Å². The molecule has 0 aliphatic rings. The standard InChI is InChI=1S/C20H19N5OS/c1-14-11-18(23-19(26)13-21-12-15-7-3-2-4-8-15)25(24-14)20-22-16-9-5-6-10-17(16)27-20/h2-11,21H,12-13H2,1H3,(H,23,26)/p+1. The number of carbonyl (C=O) groups is 1. The van der Waals surface area contributed by atoms with Crippen LogP contribution in [0.1, 0.15) is 11.3 Å². The van der Waals surface area contributed by atoms with Crippen LogP contribution < -0.4 is 10.6 Å². The van der Waals surface area contributed by atoms with Gasteiger partial charge in [0.25, 0.3) is 5.91 Å². The second kappa shape index (κ2) is 7.69. The van der Waals surface area contributed by atoms with Gasteiger partial charge in [0.1, 0.15) is 12.4 Å². The lowest BCUT2D eigenvalue weighted by molar-refractivity contribution is -0.659. The Kier molecular flexibility index (Phi) is 4.95. The molecule has 4 aromatic rings. The molecule has 0 atom stereocenters. The molecule has 0 fully saturated rings. The third-order valence-corrected chi connectivity index (χ3v) is 5.13. The van der Waals surface area contributed by atoms with Crippen molar-refractivity contribution in [1.29, 1.82) is 0 Å². The van der Waals surface area contributed by atoms with Gasteiger partial charge in [0.15, 0.2) is 6.54 Å². The minimum Gasteiger partial charge on any atom is -0.335 e. The van der Waals surface area contributed by atoms with Gasteiger partial charge in [-0.05, 0) is 19.1 Å². The maximum atomic E-state index is 12.4. The number of carbonyl (C=O) groups excluding carboxylic acids is 1. The number of hydrogen-bond donors (Lipinski definition) is 2. The zero-order valence-corrected chi connectivity index (χ0v) is 15.7. The number of nitrogens with zero attached hydrogens (tertiary/aromatic N) is 3. The number of nitrogens with one attached hydrogen (secondary N) is 1. The number of benzene rings is 2. The predicted octanol–water partition coefficient (Wildman–Crippen LogP) is 2.49. The van der Waals surface area contributed by atoms with Crippen LogP contribution in [0.4, 0.5) is 5.82 Å². The highest BCUT2D eigenvalue weighted by Gasteiger charge is 2.15. The maximum Gasteiger partial charge on any atom is 0.280 e. The molecule has 2 heterocycles. The lowest BCUT2D eigenvalue weighted by Gasteiger charge is -2.06. The monoisotopic (exact) mass is 378 g/mol. The van der Waals surface area contributed by atoms with E-state index in [1.165, 1.54) is 5.56 Å². The summed E-state index contributed by atoms with van der Waals surface area (Å²) in [5, 5.41) is 10.2. The summed E-state index contributed by atoms with van der Waals surface area (Å²) < 4.78 is 2.80. The third kappa shape index (κ3) is 4.05. The molecule has 0 bridgehead atoms. The maximum absolute atomic E-state index is 12.4. The summed E-state index contributed by atoms with van der Waals surface area (Å²) in [6.45, 7) is 3.02. The number of hydrogen-bond acceptors (Lipinski definition) is 4. The molecule has 0 saturated carbocycles. The molecule has 136 valence electrons. The second-order valence-corrected chi connectivity index (χ2v) is 7.29. The number of nitrogens with two attached hydrogens (primary N) is 1. The van der Waals surface area contributed by atoms with E-state index >= 15 is 0 Å². The lowest BCUT2D eigenvalue weighted by Crippen LogP contribution is -2.84. The van der Waals surface area contributed by atoms with Gasteiger partial charge in [-0.25, -0.2) is 4.98 Å². The lowest BCUT2D eigenvalue weighted by atomic mass is 10.2. The zero-order chi connectivity index (χ0) is 18.6. The summed E-state index contributed by atoms with van der Waals surface area (Å²) in [6.07, 6.45) is 0. The summed E-state index contributed by atoms with van der Waals surface area (Å²) in [6, 6.07) is 19.9. The summed E-state index contributed by atoms with van der Waals surface area (Å²) in [5.74, 6) is 0.581. The van der Waals surface area contributed by atoms with Crippen molar-refractivity contribution in [3.63, 3.8) is 0 Å². The Morgan fingerprint density at radius 2 is 1.93 bits per heavy atom. The summed E-state index contributed by atoms with van der Waals surface area (Å²) in [5.41, 5.74) is 2.96. The largest absolute Gasteiger partial charge is 0.335 e. The number of thiazole rings is 1. The van der Waals surface area contributed by atoms with Crippen LogP contribution in [0.25, 0.3) is 15.3 Å². The van der Waals surface area contributed by atoms with Gasteiger partial charge >= 0.3 is 0 Å². The number of para-hydroxylation sites is 1. The van der Waals surface area contributed by atoms with Gasteiger partial charge in [0.05, 0.1) is 15.9 Å². The van der Waals surface area contributed by atoms with Crippen molar-refractivity contribution in [2.45, 2.75) is 13.5 Å². The van der Waals surface area contributed by atoms with Gasteiger partial charge in [-0.1, -0.05) is 53.8 Å². The summed E-state index contributed by atoms with van der Waals surface area (Å²) >= 11 is 1.55.